The van der Waals surface area contributed by atoms with E-state index in [-0.39, 0.29) is 11.3 Å². The first-order valence-corrected chi connectivity index (χ1v) is 3.78. The summed E-state index contributed by atoms with van der Waals surface area (Å²) in [4.78, 5) is 10.3. The highest BCUT2D eigenvalue weighted by molar-refractivity contribution is 5.70. The lowest BCUT2D eigenvalue weighted by Crippen LogP contribution is -2.04. The highest BCUT2D eigenvalue weighted by Gasteiger charge is 2.13. The van der Waals surface area contributed by atoms with Crippen molar-refractivity contribution < 1.29 is 23.4 Å². The van der Waals surface area contributed by atoms with E-state index in [0.29, 0.717) is 0 Å². The standard InChI is InChI=1S/C9H8F2O3/c1-14-6-2-5(3-8(12)13)9(11)7(10)4-6/h2,4H,3H2,1H3,(H,12,13). The number of methoxy groups -OCH3 is 1. The zero-order valence-corrected chi connectivity index (χ0v) is 7.38. The van der Waals surface area contributed by atoms with E-state index in [0.717, 1.165) is 12.1 Å². The molecule has 0 atom stereocenters. The van der Waals surface area contributed by atoms with Gasteiger partial charge in [0.2, 0.25) is 0 Å². The first-order valence-electron chi connectivity index (χ1n) is 3.78. The average molecular weight is 202 g/mol. The normalized spacial score (nSPS) is 9.93. The molecule has 0 saturated carbocycles. The van der Waals surface area contributed by atoms with Gasteiger partial charge in [0, 0.05) is 11.6 Å². The molecule has 0 spiro atoms. The predicted molar refractivity (Wildman–Crippen MR) is 44.2 cm³/mol. The molecule has 0 heterocycles. The summed E-state index contributed by atoms with van der Waals surface area (Å²) in [5.74, 6) is -3.38. The van der Waals surface area contributed by atoms with Crippen LogP contribution < -0.4 is 4.74 Å². The van der Waals surface area contributed by atoms with Crippen LogP contribution in [0, 0.1) is 11.6 Å². The second-order valence-electron chi connectivity index (χ2n) is 2.65. The number of hydrogen-bond acceptors (Lipinski definition) is 2. The third-order valence-corrected chi connectivity index (χ3v) is 1.65. The van der Waals surface area contributed by atoms with E-state index in [1.807, 2.05) is 0 Å². The molecule has 1 N–H and O–H groups in total. The van der Waals surface area contributed by atoms with Gasteiger partial charge in [-0.2, -0.15) is 0 Å². The third kappa shape index (κ3) is 2.18. The Kier molecular flexibility index (Phi) is 3.01. The molecule has 3 nitrogen and oxygen atoms in total. The summed E-state index contributed by atoms with van der Waals surface area (Å²) in [7, 11) is 1.29. The largest absolute Gasteiger partial charge is 0.497 e. The van der Waals surface area contributed by atoms with Gasteiger partial charge >= 0.3 is 5.97 Å². The molecule has 0 amide bonds. The Morgan fingerprint density at radius 3 is 2.64 bits per heavy atom. The number of carboxylic acids is 1. The van der Waals surface area contributed by atoms with E-state index in [1.165, 1.54) is 7.11 Å². The maximum absolute atomic E-state index is 13.0. The van der Waals surface area contributed by atoms with Crippen LogP contribution in [0.4, 0.5) is 8.78 Å². The number of halogens is 2. The number of benzene rings is 1. The molecule has 0 aliphatic heterocycles. The Bertz CT molecular complexity index is 363. The van der Waals surface area contributed by atoms with Crippen LogP contribution in [-0.4, -0.2) is 18.2 Å². The second kappa shape index (κ2) is 4.04. The fraction of sp³-hybridized carbons (Fsp3) is 0.222. The molecule has 1 aromatic carbocycles. The highest BCUT2D eigenvalue weighted by Crippen LogP contribution is 2.20. The van der Waals surface area contributed by atoms with Crippen LogP contribution in [0.3, 0.4) is 0 Å². The summed E-state index contributed by atoms with van der Waals surface area (Å²) >= 11 is 0. The van der Waals surface area contributed by atoms with Gasteiger partial charge in [-0.15, -0.1) is 0 Å². The van der Waals surface area contributed by atoms with Gasteiger partial charge in [-0.05, 0) is 6.07 Å². The minimum Gasteiger partial charge on any atom is -0.497 e. The Balaban J connectivity index is 3.13. The summed E-state index contributed by atoms with van der Waals surface area (Å²) in [6, 6.07) is 2.02. The van der Waals surface area contributed by atoms with Gasteiger partial charge in [0.25, 0.3) is 0 Å². The molecule has 5 heteroatoms. The van der Waals surface area contributed by atoms with E-state index < -0.39 is 24.0 Å². The number of carboxylic acid groups (broad SMARTS) is 1. The molecule has 0 radical (unpaired) electrons. The van der Waals surface area contributed by atoms with Gasteiger partial charge in [0.05, 0.1) is 13.5 Å². The second-order valence-corrected chi connectivity index (χ2v) is 2.65. The highest BCUT2D eigenvalue weighted by atomic mass is 19.2. The molecule has 1 aromatic rings. The van der Waals surface area contributed by atoms with Crippen molar-refractivity contribution in [2.45, 2.75) is 6.42 Å². The smallest absolute Gasteiger partial charge is 0.307 e. The summed E-state index contributed by atoms with van der Waals surface area (Å²) in [6.07, 6.45) is -0.569. The average Bonchev–Trinajstić information content (AvgIpc) is 2.11. The molecule has 14 heavy (non-hydrogen) atoms. The number of ether oxygens (including phenoxy) is 1. The van der Waals surface area contributed by atoms with Crippen LogP contribution in [0.5, 0.6) is 5.75 Å². The Labute approximate surface area is 78.9 Å². The Hall–Kier alpha value is -1.65. The summed E-state index contributed by atoms with van der Waals surface area (Å²) in [5.41, 5.74) is -0.227. The summed E-state index contributed by atoms with van der Waals surface area (Å²) in [6.45, 7) is 0. The van der Waals surface area contributed by atoms with E-state index in [1.54, 1.807) is 0 Å². The fourth-order valence-corrected chi connectivity index (χ4v) is 1.03. The van der Waals surface area contributed by atoms with Crippen LogP contribution in [-0.2, 0) is 11.2 Å². The lowest BCUT2D eigenvalue weighted by Gasteiger charge is -2.04. The minimum absolute atomic E-state index is 0.0974. The molecule has 0 unspecified atom stereocenters. The van der Waals surface area contributed by atoms with Crippen molar-refractivity contribution in [3.63, 3.8) is 0 Å². The van der Waals surface area contributed by atoms with Gasteiger partial charge in [-0.1, -0.05) is 0 Å². The van der Waals surface area contributed by atoms with E-state index in [9.17, 15) is 13.6 Å². The molecule has 0 bridgehead atoms. The molecular weight excluding hydrogens is 194 g/mol. The van der Waals surface area contributed by atoms with Gasteiger partial charge < -0.3 is 9.84 Å². The number of hydrogen-bond donors (Lipinski definition) is 1. The zero-order valence-electron chi connectivity index (χ0n) is 7.38. The van der Waals surface area contributed by atoms with Crippen molar-refractivity contribution in [1.82, 2.24) is 0 Å². The monoisotopic (exact) mass is 202 g/mol. The number of aliphatic carboxylic acids is 1. The molecule has 76 valence electrons. The van der Waals surface area contributed by atoms with Crippen molar-refractivity contribution in [3.8, 4) is 5.75 Å². The topological polar surface area (TPSA) is 46.5 Å². The molecule has 0 aromatic heterocycles. The Morgan fingerprint density at radius 2 is 2.14 bits per heavy atom. The first kappa shape index (κ1) is 10.4. The molecular formula is C9H8F2O3. The number of rotatable bonds is 3. The van der Waals surface area contributed by atoms with Gasteiger partial charge in [0.1, 0.15) is 5.75 Å². The quantitative estimate of drug-likeness (QED) is 0.809. The molecule has 0 fully saturated rings. The van der Waals surface area contributed by atoms with E-state index in [2.05, 4.69) is 4.74 Å². The van der Waals surface area contributed by atoms with Crippen LogP contribution in [0.15, 0.2) is 12.1 Å². The molecule has 0 saturated heterocycles. The molecule has 1 rings (SSSR count). The van der Waals surface area contributed by atoms with E-state index in [4.69, 9.17) is 5.11 Å². The molecule has 0 aliphatic rings. The predicted octanol–water partition coefficient (Wildman–Crippen LogP) is 1.60. The lowest BCUT2D eigenvalue weighted by molar-refractivity contribution is -0.136. The third-order valence-electron chi connectivity index (χ3n) is 1.65. The number of carbonyl (C=O) groups is 1. The van der Waals surface area contributed by atoms with Gasteiger partial charge in [-0.25, -0.2) is 8.78 Å². The van der Waals surface area contributed by atoms with Crippen molar-refractivity contribution in [1.29, 1.82) is 0 Å². The van der Waals surface area contributed by atoms with Gasteiger partial charge in [-0.3, -0.25) is 4.79 Å². The van der Waals surface area contributed by atoms with Gasteiger partial charge in [0.15, 0.2) is 11.6 Å². The summed E-state index contributed by atoms with van der Waals surface area (Å²) < 4.78 is 30.5. The van der Waals surface area contributed by atoms with Crippen molar-refractivity contribution in [3.05, 3.63) is 29.3 Å². The zero-order chi connectivity index (χ0) is 10.7. The minimum atomic E-state index is -1.23. The maximum atomic E-state index is 13.0. The van der Waals surface area contributed by atoms with Crippen LogP contribution in [0.2, 0.25) is 0 Å². The molecule has 0 aliphatic carbocycles. The Morgan fingerprint density at radius 1 is 1.50 bits per heavy atom. The maximum Gasteiger partial charge on any atom is 0.307 e. The van der Waals surface area contributed by atoms with Crippen LogP contribution >= 0.6 is 0 Å². The van der Waals surface area contributed by atoms with Crippen molar-refractivity contribution in [2.75, 3.05) is 7.11 Å². The van der Waals surface area contributed by atoms with Crippen LogP contribution in [0.25, 0.3) is 0 Å². The first-order chi connectivity index (χ1) is 6.54. The fourth-order valence-electron chi connectivity index (χ4n) is 1.03. The lowest BCUT2D eigenvalue weighted by atomic mass is 10.1. The summed E-state index contributed by atoms with van der Waals surface area (Å²) in [5, 5.41) is 8.42. The van der Waals surface area contributed by atoms with E-state index >= 15 is 0 Å². The van der Waals surface area contributed by atoms with Crippen LogP contribution in [0.1, 0.15) is 5.56 Å². The SMILES string of the molecule is COc1cc(F)c(F)c(CC(=O)O)c1. The van der Waals surface area contributed by atoms with Crippen molar-refractivity contribution in [2.24, 2.45) is 0 Å². The van der Waals surface area contributed by atoms with Crippen molar-refractivity contribution >= 4 is 5.97 Å².